The Balaban J connectivity index is 1.96. The third-order valence-corrected chi connectivity index (χ3v) is 3.95. The highest BCUT2D eigenvalue weighted by molar-refractivity contribution is 5.80. The van der Waals surface area contributed by atoms with Crippen LogP contribution in [0.4, 0.5) is 0 Å². The number of aliphatic carboxylic acids is 1. The second-order valence-electron chi connectivity index (χ2n) is 5.72. The van der Waals surface area contributed by atoms with Crippen molar-refractivity contribution in [2.45, 2.75) is 26.3 Å². The summed E-state index contributed by atoms with van der Waals surface area (Å²) in [4.78, 5) is 22.9. The van der Waals surface area contributed by atoms with Gasteiger partial charge in [-0.2, -0.15) is 0 Å². The first-order valence-electron chi connectivity index (χ1n) is 7.64. The van der Waals surface area contributed by atoms with Crippen LogP contribution in [0.2, 0.25) is 0 Å². The molecule has 0 aliphatic heterocycles. The quantitative estimate of drug-likeness (QED) is 0.861. The molecule has 0 aliphatic rings. The number of benzene rings is 2. The molecule has 2 rings (SSSR count). The third kappa shape index (κ3) is 4.68. The van der Waals surface area contributed by atoms with Crippen molar-refractivity contribution in [3.63, 3.8) is 0 Å². The van der Waals surface area contributed by atoms with Gasteiger partial charge in [-0.25, -0.2) is 0 Å². The summed E-state index contributed by atoms with van der Waals surface area (Å²) in [5, 5.41) is 11.7. The Hall–Kier alpha value is -2.62. The SMILES string of the molecule is CC(NC(=O)Cc1ccc(-c2ccccc2)cc1)C(C)C(=O)O. The number of carboxylic acids is 1. The van der Waals surface area contributed by atoms with Crippen molar-refractivity contribution in [2.24, 2.45) is 5.92 Å². The first kappa shape index (κ1) is 16.7. The van der Waals surface area contributed by atoms with Crippen molar-refractivity contribution < 1.29 is 14.7 Å². The molecule has 2 unspecified atom stereocenters. The Kier molecular flexibility index (Phi) is 5.52. The normalized spacial score (nSPS) is 13.1. The average molecular weight is 311 g/mol. The number of hydrogen-bond donors (Lipinski definition) is 2. The van der Waals surface area contributed by atoms with Gasteiger partial charge in [0.2, 0.25) is 5.91 Å². The zero-order valence-electron chi connectivity index (χ0n) is 13.3. The summed E-state index contributed by atoms with van der Waals surface area (Å²) in [6.45, 7) is 3.29. The van der Waals surface area contributed by atoms with E-state index in [1.54, 1.807) is 13.8 Å². The van der Waals surface area contributed by atoms with Crippen molar-refractivity contribution in [2.75, 3.05) is 0 Å². The highest BCUT2D eigenvalue weighted by Crippen LogP contribution is 2.19. The van der Waals surface area contributed by atoms with Crippen molar-refractivity contribution in [3.05, 3.63) is 60.2 Å². The van der Waals surface area contributed by atoms with Crippen LogP contribution in [0.15, 0.2) is 54.6 Å². The molecule has 120 valence electrons. The summed E-state index contributed by atoms with van der Waals surface area (Å²) in [7, 11) is 0. The molecule has 23 heavy (non-hydrogen) atoms. The number of carboxylic acid groups (broad SMARTS) is 1. The lowest BCUT2D eigenvalue weighted by Crippen LogP contribution is -2.40. The molecule has 0 aromatic heterocycles. The number of carbonyl (C=O) groups is 2. The molecule has 4 nitrogen and oxygen atoms in total. The molecule has 0 radical (unpaired) electrons. The third-order valence-electron chi connectivity index (χ3n) is 3.95. The van der Waals surface area contributed by atoms with E-state index in [1.165, 1.54) is 0 Å². The minimum Gasteiger partial charge on any atom is -0.481 e. The van der Waals surface area contributed by atoms with Crippen LogP contribution < -0.4 is 5.32 Å². The predicted octanol–water partition coefficient (Wildman–Crippen LogP) is 3.12. The molecule has 0 aliphatic carbocycles. The Labute approximate surface area is 136 Å². The van der Waals surface area contributed by atoms with Crippen LogP contribution in [0.3, 0.4) is 0 Å². The standard InChI is InChI=1S/C19H21NO3/c1-13(19(22)23)14(2)20-18(21)12-15-8-10-17(11-9-15)16-6-4-3-5-7-16/h3-11,13-14H,12H2,1-2H3,(H,20,21)(H,22,23). The van der Waals surface area contributed by atoms with E-state index in [2.05, 4.69) is 5.32 Å². The molecule has 4 heteroatoms. The number of rotatable bonds is 6. The fourth-order valence-corrected chi connectivity index (χ4v) is 2.27. The summed E-state index contributed by atoms with van der Waals surface area (Å²) in [6, 6.07) is 17.4. The number of amides is 1. The zero-order chi connectivity index (χ0) is 16.8. The summed E-state index contributed by atoms with van der Waals surface area (Å²) in [6.07, 6.45) is 0.242. The van der Waals surface area contributed by atoms with Gasteiger partial charge in [-0.15, -0.1) is 0 Å². The molecule has 0 spiro atoms. The second kappa shape index (κ2) is 7.58. The summed E-state index contributed by atoms with van der Waals surface area (Å²) in [5.74, 6) is -1.69. The Morgan fingerprint density at radius 1 is 0.957 bits per heavy atom. The Bertz CT molecular complexity index is 665. The molecule has 2 atom stereocenters. The van der Waals surface area contributed by atoms with Gasteiger partial charge in [0.05, 0.1) is 12.3 Å². The second-order valence-corrected chi connectivity index (χ2v) is 5.72. The Morgan fingerprint density at radius 3 is 2.09 bits per heavy atom. The number of nitrogens with one attached hydrogen (secondary N) is 1. The van der Waals surface area contributed by atoms with Crippen LogP contribution in [0.1, 0.15) is 19.4 Å². The van der Waals surface area contributed by atoms with E-state index in [9.17, 15) is 9.59 Å². The maximum atomic E-state index is 12.0. The molecule has 1 amide bonds. The lowest BCUT2D eigenvalue weighted by atomic mass is 10.0. The lowest BCUT2D eigenvalue weighted by molar-refractivity contribution is -0.142. The van der Waals surface area contributed by atoms with Gasteiger partial charge in [0.1, 0.15) is 0 Å². The summed E-state index contributed by atoms with van der Waals surface area (Å²) in [5.41, 5.74) is 3.13. The van der Waals surface area contributed by atoms with Crippen LogP contribution in [0.25, 0.3) is 11.1 Å². The van der Waals surface area contributed by atoms with Crippen molar-refractivity contribution in [1.29, 1.82) is 0 Å². The van der Waals surface area contributed by atoms with Crippen LogP contribution >= 0.6 is 0 Å². The van der Waals surface area contributed by atoms with E-state index in [0.717, 1.165) is 16.7 Å². The van der Waals surface area contributed by atoms with E-state index in [1.807, 2.05) is 54.6 Å². The van der Waals surface area contributed by atoms with Crippen molar-refractivity contribution >= 4 is 11.9 Å². The topological polar surface area (TPSA) is 66.4 Å². The van der Waals surface area contributed by atoms with Crippen LogP contribution in [0, 0.1) is 5.92 Å². The minimum atomic E-state index is -0.912. The molecule has 2 aromatic carbocycles. The van der Waals surface area contributed by atoms with E-state index in [4.69, 9.17) is 5.11 Å². The van der Waals surface area contributed by atoms with E-state index in [-0.39, 0.29) is 12.3 Å². The highest BCUT2D eigenvalue weighted by Gasteiger charge is 2.20. The van der Waals surface area contributed by atoms with Crippen LogP contribution in [-0.4, -0.2) is 23.0 Å². The molecule has 0 bridgehead atoms. The van der Waals surface area contributed by atoms with E-state index in [0.29, 0.717) is 0 Å². The molecule has 0 fully saturated rings. The largest absolute Gasteiger partial charge is 0.481 e. The van der Waals surface area contributed by atoms with Crippen molar-refractivity contribution in [1.82, 2.24) is 5.32 Å². The first-order chi connectivity index (χ1) is 11.0. The molecular weight excluding hydrogens is 290 g/mol. The van der Waals surface area contributed by atoms with Crippen molar-refractivity contribution in [3.8, 4) is 11.1 Å². The fraction of sp³-hybridized carbons (Fsp3) is 0.263. The van der Waals surface area contributed by atoms with Crippen LogP contribution in [-0.2, 0) is 16.0 Å². The van der Waals surface area contributed by atoms with E-state index < -0.39 is 17.9 Å². The average Bonchev–Trinajstić information content (AvgIpc) is 2.55. The van der Waals surface area contributed by atoms with Gasteiger partial charge in [0, 0.05) is 6.04 Å². The van der Waals surface area contributed by atoms with Gasteiger partial charge in [-0.1, -0.05) is 54.6 Å². The van der Waals surface area contributed by atoms with Gasteiger partial charge in [-0.05, 0) is 30.5 Å². The molecule has 0 saturated carbocycles. The van der Waals surface area contributed by atoms with Gasteiger partial charge in [0.15, 0.2) is 0 Å². The zero-order valence-corrected chi connectivity index (χ0v) is 13.3. The van der Waals surface area contributed by atoms with Gasteiger partial charge in [0.25, 0.3) is 0 Å². The fourth-order valence-electron chi connectivity index (χ4n) is 2.27. The van der Waals surface area contributed by atoms with Crippen LogP contribution in [0.5, 0.6) is 0 Å². The number of hydrogen-bond acceptors (Lipinski definition) is 2. The molecule has 0 saturated heterocycles. The van der Waals surface area contributed by atoms with E-state index >= 15 is 0 Å². The monoisotopic (exact) mass is 311 g/mol. The first-order valence-corrected chi connectivity index (χ1v) is 7.64. The number of carbonyl (C=O) groups excluding carboxylic acids is 1. The predicted molar refractivity (Wildman–Crippen MR) is 90.0 cm³/mol. The molecule has 0 heterocycles. The highest BCUT2D eigenvalue weighted by atomic mass is 16.4. The maximum Gasteiger partial charge on any atom is 0.308 e. The lowest BCUT2D eigenvalue weighted by Gasteiger charge is -2.17. The molecule has 2 aromatic rings. The van der Waals surface area contributed by atoms with Gasteiger partial charge >= 0.3 is 5.97 Å². The minimum absolute atomic E-state index is 0.168. The maximum absolute atomic E-state index is 12.0. The molecular formula is C19H21NO3. The van der Waals surface area contributed by atoms with Gasteiger partial charge < -0.3 is 10.4 Å². The van der Waals surface area contributed by atoms with Gasteiger partial charge in [-0.3, -0.25) is 9.59 Å². The Morgan fingerprint density at radius 2 is 1.52 bits per heavy atom. The summed E-state index contributed by atoms with van der Waals surface area (Å²) >= 11 is 0. The summed E-state index contributed by atoms with van der Waals surface area (Å²) < 4.78 is 0. The molecule has 2 N–H and O–H groups in total. The smallest absolute Gasteiger partial charge is 0.308 e.